The minimum Gasteiger partial charge on any atom is -0.481 e. The zero-order chi connectivity index (χ0) is 15.7. The second kappa shape index (κ2) is 5.43. The lowest BCUT2D eigenvalue weighted by atomic mass is 9.56. The van der Waals surface area contributed by atoms with Gasteiger partial charge in [-0.05, 0) is 24.7 Å². The Bertz CT molecular complexity index is 461. The lowest BCUT2D eigenvalue weighted by molar-refractivity contribution is -0.161. The van der Waals surface area contributed by atoms with Crippen LogP contribution in [-0.4, -0.2) is 22.2 Å². The molecule has 0 aromatic heterocycles. The van der Waals surface area contributed by atoms with Gasteiger partial charge in [-0.2, -0.15) is 0 Å². The number of carbonyl (C=O) groups is 2. The molecule has 0 radical (unpaired) electrons. The summed E-state index contributed by atoms with van der Waals surface area (Å²) in [6.07, 6.45) is 3.75. The molecule has 0 bridgehead atoms. The predicted molar refractivity (Wildman–Crippen MR) is 77.3 cm³/mol. The Morgan fingerprint density at radius 3 is 2.05 bits per heavy atom. The van der Waals surface area contributed by atoms with Gasteiger partial charge in [0.2, 0.25) is 0 Å². The van der Waals surface area contributed by atoms with Crippen LogP contribution in [0.5, 0.6) is 0 Å². The zero-order valence-corrected chi connectivity index (χ0v) is 12.6. The molecular weight excluding hydrogens is 256 g/mol. The van der Waals surface area contributed by atoms with Crippen LogP contribution in [-0.2, 0) is 9.59 Å². The molecule has 20 heavy (non-hydrogen) atoms. The number of aliphatic carboxylic acids is 2. The van der Waals surface area contributed by atoms with E-state index in [9.17, 15) is 19.8 Å². The molecule has 0 aromatic carbocycles. The number of carboxylic acids is 2. The highest BCUT2D eigenvalue weighted by atomic mass is 16.4. The molecule has 2 N–H and O–H groups in total. The first kappa shape index (κ1) is 16.5. The summed E-state index contributed by atoms with van der Waals surface area (Å²) in [5.74, 6) is -2.22. The summed E-state index contributed by atoms with van der Waals surface area (Å²) in [6, 6.07) is 0. The smallest absolute Gasteiger partial charge is 0.313 e. The van der Waals surface area contributed by atoms with Crippen LogP contribution in [0.2, 0.25) is 0 Å². The summed E-state index contributed by atoms with van der Waals surface area (Å²) in [7, 11) is 0. The molecule has 1 aliphatic carbocycles. The maximum Gasteiger partial charge on any atom is 0.313 e. The van der Waals surface area contributed by atoms with Crippen LogP contribution in [0.3, 0.4) is 0 Å². The average Bonchev–Trinajstić information content (AvgIpc) is 2.36. The second-order valence-electron chi connectivity index (χ2n) is 6.39. The van der Waals surface area contributed by atoms with E-state index in [1.54, 1.807) is 12.2 Å². The molecule has 4 nitrogen and oxygen atoms in total. The molecule has 1 aliphatic rings. The molecule has 0 aliphatic heterocycles. The number of carboxylic acid groups (broad SMARTS) is 2. The first-order valence-corrected chi connectivity index (χ1v) is 6.93. The fourth-order valence-electron chi connectivity index (χ4n) is 3.07. The maximum atomic E-state index is 11.9. The first-order valence-electron chi connectivity index (χ1n) is 6.93. The summed E-state index contributed by atoms with van der Waals surface area (Å²) >= 11 is 0. The molecule has 0 aromatic rings. The van der Waals surface area contributed by atoms with Gasteiger partial charge in [0.1, 0.15) is 0 Å². The van der Waals surface area contributed by atoms with E-state index in [0.29, 0.717) is 12.0 Å². The van der Waals surface area contributed by atoms with E-state index in [1.807, 2.05) is 27.7 Å². The van der Waals surface area contributed by atoms with Gasteiger partial charge in [0.25, 0.3) is 0 Å². The normalized spacial score (nSPS) is 30.2. The van der Waals surface area contributed by atoms with Crippen LogP contribution in [0.25, 0.3) is 0 Å². The molecule has 0 heterocycles. The van der Waals surface area contributed by atoms with Crippen molar-refractivity contribution in [3.63, 3.8) is 0 Å². The van der Waals surface area contributed by atoms with Crippen molar-refractivity contribution in [3.8, 4) is 0 Å². The Kier molecular flexibility index (Phi) is 4.47. The summed E-state index contributed by atoms with van der Waals surface area (Å²) in [5.41, 5.74) is -1.49. The fourth-order valence-corrected chi connectivity index (χ4v) is 3.07. The molecular formula is C16H24O4. The molecule has 112 valence electrons. The molecule has 0 amide bonds. The third kappa shape index (κ3) is 2.39. The van der Waals surface area contributed by atoms with Gasteiger partial charge < -0.3 is 10.2 Å². The van der Waals surface area contributed by atoms with Crippen LogP contribution in [0.15, 0.2) is 24.3 Å². The highest BCUT2D eigenvalue weighted by Gasteiger charge is 2.55. The lowest BCUT2D eigenvalue weighted by Crippen LogP contribution is -2.49. The molecule has 0 fully saturated rings. The molecule has 2 atom stereocenters. The Morgan fingerprint density at radius 2 is 1.75 bits per heavy atom. The van der Waals surface area contributed by atoms with Gasteiger partial charge in [-0.15, -0.1) is 0 Å². The Hall–Kier alpha value is -1.58. The van der Waals surface area contributed by atoms with Crippen molar-refractivity contribution >= 4 is 11.9 Å². The molecule has 0 saturated heterocycles. The molecule has 1 rings (SSSR count). The van der Waals surface area contributed by atoms with Crippen LogP contribution in [0.1, 0.15) is 40.5 Å². The van der Waals surface area contributed by atoms with Gasteiger partial charge in [-0.3, -0.25) is 9.59 Å². The maximum absolute atomic E-state index is 11.9. The Labute approximate surface area is 120 Å². The van der Waals surface area contributed by atoms with Crippen molar-refractivity contribution in [2.24, 2.45) is 22.7 Å². The quantitative estimate of drug-likeness (QED) is 0.810. The molecule has 2 unspecified atom stereocenters. The third-order valence-electron chi connectivity index (χ3n) is 4.79. The summed E-state index contributed by atoms with van der Waals surface area (Å²) < 4.78 is 0. The largest absolute Gasteiger partial charge is 0.481 e. The van der Waals surface area contributed by atoms with Crippen LogP contribution in [0, 0.1) is 22.7 Å². The van der Waals surface area contributed by atoms with E-state index in [-0.39, 0.29) is 18.3 Å². The van der Waals surface area contributed by atoms with Crippen molar-refractivity contribution in [2.45, 2.75) is 40.5 Å². The first-order chi connectivity index (χ1) is 9.12. The van der Waals surface area contributed by atoms with Crippen LogP contribution >= 0.6 is 0 Å². The van der Waals surface area contributed by atoms with E-state index < -0.39 is 22.8 Å². The van der Waals surface area contributed by atoms with E-state index >= 15 is 0 Å². The van der Waals surface area contributed by atoms with Crippen LogP contribution < -0.4 is 0 Å². The minimum atomic E-state index is -1.15. The van der Waals surface area contributed by atoms with E-state index in [1.165, 1.54) is 0 Å². The SMILES string of the molecule is C=CC1=CC(C(=O)O)(C(C)C)CC(C(=O)O)(C(C)C)C1. The van der Waals surface area contributed by atoms with Gasteiger partial charge in [0, 0.05) is 0 Å². The predicted octanol–water partition coefficient (Wildman–Crippen LogP) is 3.35. The Morgan fingerprint density at radius 1 is 1.20 bits per heavy atom. The summed E-state index contributed by atoms with van der Waals surface area (Å²) in [4.78, 5) is 23.7. The monoisotopic (exact) mass is 280 g/mol. The third-order valence-corrected chi connectivity index (χ3v) is 4.79. The van der Waals surface area contributed by atoms with Crippen molar-refractivity contribution in [1.29, 1.82) is 0 Å². The van der Waals surface area contributed by atoms with Crippen molar-refractivity contribution < 1.29 is 19.8 Å². The van der Waals surface area contributed by atoms with Crippen LogP contribution in [0.4, 0.5) is 0 Å². The number of rotatable bonds is 5. The van der Waals surface area contributed by atoms with Gasteiger partial charge in [0.05, 0.1) is 10.8 Å². The number of hydrogen-bond donors (Lipinski definition) is 2. The lowest BCUT2D eigenvalue weighted by Gasteiger charge is -2.46. The topological polar surface area (TPSA) is 74.6 Å². The van der Waals surface area contributed by atoms with Gasteiger partial charge >= 0.3 is 11.9 Å². The van der Waals surface area contributed by atoms with Crippen molar-refractivity contribution in [1.82, 2.24) is 0 Å². The Balaban J connectivity index is 3.53. The van der Waals surface area contributed by atoms with E-state index in [0.717, 1.165) is 0 Å². The zero-order valence-electron chi connectivity index (χ0n) is 12.6. The average molecular weight is 280 g/mol. The van der Waals surface area contributed by atoms with E-state index in [2.05, 4.69) is 6.58 Å². The highest BCUT2D eigenvalue weighted by molar-refractivity contribution is 5.82. The molecule has 0 saturated carbocycles. The fraction of sp³-hybridized carbons (Fsp3) is 0.625. The number of allylic oxidation sites excluding steroid dienone is 2. The highest BCUT2D eigenvalue weighted by Crippen LogP contribution is 2.53. The number of hydrogen-bond acceptors (Lipinski definition) is 2. The van der Waals surface area contributed by atoms with Gasteiger partial charge in [-0.1, -0.05) is 52.0 Å². The summed E-state index contributed by atoms with van der Waals surface area (Å²) in [5, 5.41) is 19.4. The van der Waals surface area contributed by atoms with E-state index in [4.69, 9.17) is 0 Å². The van der Waals surface area contributed by atoms with Gasteiger partial charge in [0.15, 0.2) is 0 Å². The van der Waals surface area contributed by atoms with Crippen molar-refractivity contribution in [3.05, 3.63) is 24.3 Å². The standard InChI is InChI=1S/C16H24O4/c1-6-12-7-15(10(2)3,13(17)18)9-16(8-12,11(4)5)14(19)20/h6-7,10-11H,1,8-9H2,2-5H3,(H,17,18)(H,19,20). The molecule has 4 heteroatoms. The second-order valence-corrected chi connectivity index (χ2v) is 6.39. The minimum absolute atomic E-state index is 0.122. The van der Waals surface area contributed by atoms with Crippen molar-refractivity contribution in [2.75, 3.05) is 0 Å². The van der Waals surface area contributed by atoms with Gasteiger partial charge in [-0.25, -0.2) is 0 Å². The summed E-state index contributed by atoms with van der Waals surface area (Å²) in [6.45, 7) is 11.0. The molecule has 0 spiro atoms.